The second-order valence-corrected chi connectivity index (χ2v) is 3.91. The number of benzene rings is 1. The predicted molar refractivity (Wildman–Crippen MR) is 59.7 cm³/mol. The number of phenolic OH excluding ortho intramolecular Hbond substituents is 2. The average Bonchev–Trinajstić information content (AvgIpc) is 2.26. The van der Waals surface area contributed by atoms with Gasteiger partial charge in [-0.05, 0) is 25.1 Å². The predicted octanol–water partition coefficient (Wildman–Crippen LogP) is 0.205. The molecule has 86 valence electrons. The summed E-state index contributed by atoms with van der Waals surface area (Å²) >= 11 is 0. The van der Waals surface area contributed by atoms with Gasteiger partial charge in [0.1, 0.15) is 0 Å². The van der Waals surface area contributed by atoms with E-state index in [9.17, 15) is 15.0 Å². The van der Waals surface area contributed by atoms with Crippen molar-refractivity contribution in [2.75, 3.05) is 19.0 Å². The third-order valence-corrected chi connectivity index (χ3v) is 2.94. The lowest BCUT2D eigenvalue weighted by atomic mass is 9.97. The van der Waals surface area contributed by atoms with Crippen LogP contribution in [0.2, 0.25) is 0 Å². The Morgan fingerprint density at radius 1 is 1.38 bits per heavy atom. The van der Waals surface area contributed by atoms with E-state index in [2.05, 4.69) is 5.32 Å². The first kappa shape index (κ1) is 10.8. The van der Waals surface area contributed by atoms with Crippen molar-refractivity contribution < 1.29 is 15.0 Å². The second kappa shape index (κ2) is 3.68. The zero-order valence-corrected chi connectivity index (χ0v) is 9.19. The van der Waals surface area contributed by atoms with Crippen LogP contribution in [0.5, 0.6) is 11.5 Å². The molecule has 3 N–H and O–H groups in total. The zero-order chi connectivity index (χ0) is 11.9. The maximum atomic E-state index is 11.8. The number of fused-ring (bicyclic) bond motifs is 1. The largest absolute Gasteiger partial charge is 0.504 e. The minimum absolute atomic E-state index is 0.0416. The first-order valence-electron chi connectivity index (χ1n) is 5.04. The number of likely N-dealkylation sites (N-methyl/N-ethyl adjacent to an activating group) is 2. The maximum Gasteiger partial charge on any atom is 0.244 e. The van der Waals surface area contributed by atoms with Gasteiger partial charge in [-0.25, -0.2) is 0 Å². The molecule has 0 spiro atoms. The molecule has 0 fully saturated rings. The van der Waals surface area contributed by atoms with E-state index in [1.807, 2.05) is 0 Å². The van der Waals surface area contributed by atoms with E-state index in [0.29, 0.717) is 12.1 Å². The summed E-state index contributed by atoms with van der Waals surface area (Å²) in [4.78, 5) is 13.3. The number of hydrogen-bond acceptors (Lipinski definition) is 4. The molecule has 5 heteroatoms. The Labute approximate surface area is 93.3 Å². The number of carbonyl (C=O) groups is 1. The third kappa shape index (κ3) is 1.49. The lowest BCUT2D eigenvalue weighted by molar-refractivity contribution is -0.120. The van der Waals surface area contributed by atoms with Crippen molar-refractivity contribution in [3.63, 3.8) is 0 Å². The molecule has 0 aliphatic carbocycles. The number of carbonyl (C=O) groups excluding carboxylic acids is 1. The van der Waals surface area contributed by atoms with Gasteiger partial charge in [-0.2, -0.15) is 0 Å². The molecule has 1 aromatic carbocycles. The fraction of sp³-hybridized carbons (Fsp3) is 0.364. The smallest absolute Gasteiger partial charge is 0.244 e. The van der Waals surface area contributed by atoms with Gasteiger partial charge in [0.2, 0.25) is 5.91 Å². The van der Waals surface area contributed by atoms with Crippen molar-refractivity contribution in [3.05, 3.63) is 17.7 Å². The maximum absolute atomic E-state index is 11.8. The van der Waals surface area contributed by atoms with E-state index in [4.69, 9.17) is 0 Å². The second-order valence-electron chi connectivity index (χ2n) is 3.91. The van der Waals surface area contributed by atoms with Crippen molar-refractivity contribution >= 4 is 11.6 Å². The lowest BCUT2D eigenvalue weighted by Crippen LogP contribution is -2.48. The van der Waals surface area contributed by atoms with Crippen LogP contribution >= 0.6 is 0 Å². The van der Waals surface area contributed by atoms with Gasteiger partial charge in [0, 0.05) is 13.1 Å². The molecule has 0 saturated heterocycles. The molecule has 1 aliphatic rings. The Kier molecular flexibility index (Phi) is 2.47. The van der Waals surface area contributed by atoms with Crippen molar-refractivity contribution in [1.29, 1.82) is 0 Å². The van der Waals surface area contributed by atoms with Crippen molar-refractivity contribution in [1.82, 2.24) is 5.32 Å². The highest BCUT2D eigenvalue weighted by Crippen LogP contribution is 2.36. The molecule has 5 nitrogen and oxygen atoms in total. The molecule has 1 atom stereocenters. The number of amides is 1. The minimum atomic E-state index is -0.276. The third-order valence-electron chi connectivity index (χ3n) is 2.94. The van der Waals surface area contributed by atoms with Crippen LogP contribution in [0.4, 0.5) is 5.69 Å². The SMILES string of the molecule is CNC1Cc2cc(O)c(O)cc2N(C)C1=O. The van der Waals surface area contributed by atoms with Crippen molar-refractivity contribution in [2.45, 2.75) is 12.5 Å². The summed E-state index contributed by atoms with van der Waals surface area (Å²) in [7, 11) is 3.38. The number of nitrogens with zero attached hydrogens (tertiary/aromatic N) is 1. The summed E-state index contributed by atoms with van der Waals surface area (Å²) in [6, 6.07) is 2.63. The molecule has 0 bridgehead atoms. The summed E-state index contributed by atoms with van der Waals surface area (Å²) in [5.74, 6) is -0.405. The minimum Gasteiger partial charge on any atom is -0.504 e. The van der Waals surface area contributed by atoms with E-state index < -0.39 is 0 Å². The number of anilines is 1. The molecular formula is C11H14N2O3. The van der Waals surface area contributed by atoms with Crippen LogP contribution in [0.1, 0.15) is 5.56 Å². The molecule has 1 aromatic rings. The van der Waals surface area contributed by atoms with Gasteiger partial charge < -0.3 is 20.4 Å². The molecule has 1 aliphatic heterocycles. The van der Waals surface area contributed by atoms with E-state index >= 15 is 0 Å². The van der Waals surface area contributed by atoms with E-state index in [0.717, 1.165) is 5.56 Å². The van der Waals surface area contributed by atoms with Gasteiger partial charge in [-0.1, -0.05) is 0 Å². The Hall–Kier alpha value is -1.75. The van der Waals surface area contributed by atoms with E-state index in [1.54, 1.807) is 14.1 Å². The van der Waals surface area contributed by atoms with Crippen LogP contribution in [0, 0.1) is 0 Å². The van der Waals surface area contributed by atoms with Crippen LogP contribution in [0.3, 0.4) is 0 Å². The first-order chi connectivity index (χ1) is 7.54. The Bertz CT molecular complexity index is 445. The first-order valence-corrected chi connectivity index (χ1v) is 5.04. The molecule has 0 aromatic heterocycles. The standard InChI is InChI=1S/C11H14N2O3/c1-12-7-3-6-4-9(14)10(15)5-8(6)13(2)11(7)16/h4-5,7,12,14-15H,3H2,1-2H3. The van der Waals surface area contributed by atoms with Crippen LogP contribution in [-0.4, -0.2) is 36.3 Å². The molecule has 1 heterocycles. The molecule has 2 rings (SSSR count). The van der Waals surface area contributed by atoms with Crippen LogP contribution < -0.4 is 10.2 Å². The number of hydrogen-bond donors (Lipinski definition) is 3. The number of phenols is 2. The zero-order valence-electron chi connectivity index (χ0n) is 9.19. The van der Waals surface area contributed by atoms with E-state index in [-0.39, 0.29) is 23.4 Å². The van der Waals surface area contributed by atoms with E-state index in [1.165, 1.54) is 17.0 Å². The van der Waals surface area contributed by atoms with Gasteiger partial charge in [0.05, 0.1) is 11.7 Å². The summed E-state index contributed by atoms with van der Waals surface area (Å²) in [6.45, 7) is 0. The highest BCUT2D eigenvalue weighted by molar-refractivity contribution is 6.00. The molecular weight excluding hydrogens is 208 g/mol. The number of aromatic hydroxyl groups is 2. The van der Waals surface area contributed by atoms with Crippen LogP contribution in [0.25, 0.3) is 0 Å². The Morgan fingerprint density at radius 2 is 2.00 bits per heavy atom. The van der Waals surface area contributed by atoms with Gasteiger partial charge in [0.15, 0.2) is 11.5 Å². The van der Waals surface area contributed by atoms with Crippen LogP contribution in [-0.2, 0) is 11.2 Å². The average molecular weight is 222 g/mol. The van der Waals surface area contributed by atoms with Crippen molar-refractivity contribution in [2.24, 2.45) is 0 Å². The quantitative estimate of drug-likeness (QED) is 0.594. The summed E-state index contributed by atoms with van der Waals surface area (Å²) in [5.41, 5.74) is 1.49. The molecule has 0 radical (unpaired) electrons. The molecule has 0 saturated carbocycles. The highest BCUT2D eigenvalue weighted by Gasteiger charge is 2.30. The highest BCUT2D eigenvalue weighted by atomic mass is 16.3. The topological polar surface area (TPSA) is 72.8 Å². The van der Waals surface area contributed by atoms with Gasteiger partial charge in [-0.15, -0.1) is 0 Å². The number of nitrogens with one attached hydrogen (secondary N) is 1. The monoisotopic (exact) mass is 222 g/mol. The number of rotatable bonds is 1. The van der Waals surface area contributed by atoms with Crippen LogP contribution in [0.15, 0.2) is 12.1 Å². The molecule has 1 unspecified atom stereocenters. The van der Waals surface area contributed by atoms with Gasteiger partial charge in [0.25, 0.3) is 0 Å². The summed E-state index contributed by atoms with van der Waals surface area (Å²) in [6.07, 6.45) is 0.517. The fourth-order valence-corrected chi connectivity index (χ4v) is 1.97. The summed E-state index contributed by atoms with van der Waals surface area (Å²) in [5, 5.41) is 21.7. The fourth-order valence-electron chi connectivity index (χ4n) is 1.97. The van der Waals surface area contributed by atoms with Gasteiger partial charge in [-0.3, -0.25) is 4.79 Å². The normalized spacial score (nSPS) is 19.8. The summed E-state index contributed by atoms with van der Waals surface area (Å²) < 4.78 is 0. The van der Waals surface area contributed by atoms with Crippen molar-refractivity contribution in [3.8, 4) is 11.5 Å². The van der Waals surface area contributed by atoms with Gasteiger partial charge >= 0.3 is 0 Å². The lowest BCUT2D eigenvalue weighted by Gasteiger charge is -2.31. The Morgan fingerprint density at radius 3 is 2.62 bits per heavy atom. The Balaban J connectivity index is 2.50. The molecule has 16 heavy (non-hydrogen) atoms. The molecule has 1 amide bonds.